The van der Waals surface area contributed by atoms with E-state index in [2.05, 4.69) is 4.74 Å². The fourth-order valence-electron chi connectivity index (χ4n) is 0.717. The van der Waals surface area contributed by atoms with E-state index in [-0.39, 0.29) is 25.5 Å². The van der Waals surface area contributed by atoms with E-state index < -0.39 is 18.1 Å². The smallest absolute Gasteiger partial charge is 0.548 e. The zero-order chi connectivity index (χ0) is 7.72. The summed E-state index contributed by atoms with van der Waals surface area (Å²) in [6, 6.07) is -0.924. The van der Waals surface area contributed by atoms with Gasteiger partial charge in [0.2, 0.25) is 0 Å². The van der Waals surface area contributed by atoms with Crippen molar-refractivity contribution in [3.05, 3.63) is 0 Å². The number of aliphatic carboxylic acids is 1. The number of likely N-dealkylation sites (N-methyl/N-ethyl adjacent to an activating group) is 1. The predicted molar refractivity (Wildman–Crippen MR) is 27.9 cm³/mol. The van der Waals surface area contributed by atoms with Crippen LogP contribution in [0, 0.1) is 0 Å². The van der Waals surface area contributed by atoms with Crippen LogP contribution in [0.15, 0.2) is 0 Å². The first kappa shape index (κ1) is 10.3. The molecule has 5 nitrogen and oxygen atoms in total. The molecule has 56 valence electrons. The van der Waals surface area contributed by atoms with Crippen molar-refractivity contribution < 1.29 is 38.3 Å². The molecular weight excluding hydrogens is 145 g/mol. The van der Waals surface area contributed by atoms with Crippen molar-refractivity contribution in [1.82, 2.24) is 4.90 Å². The molecule has 1 fully saturated rings. The second-order valence-corrected chi connectivity index (χ2v) is 2.02. The van der Waals surface area contributed by atoms with Gasteiger partial charge in [-0.2, -0.15) is 0 Å². The molecule has 1 amide bonds. The first-order chi connectivity index (χ1) is 4.63. The average molecular weight is 151 g/mol. The molecular formula is C5H6LiNO4. The van der Waals surface area contributed by atoms with Crippen LogP contribution < -0.4 is 24.0 Å². The summed E-state index contributed by atoms with van der Waals surface area (Å²) in [4.78, 5) is 21.7. The number of carbonyl (C=O) groups excluding carboxylic acids is 2. The third kappa shape index (κ3) is 1.88. The Morgan fingerprint density at radius 3 is 2.55 bits per heavy atom. The molecule has 1 aliphatic heterocycles. The summed E-state index contributed by atoms with van der Waals surface area (Å²) in [7, 11) is 1.36. The molecule has 1 atom stereocenters. The van der Waals surface area contributed by atoms with Gasteiger partial charge in [-0.05, 0) is 0 Å². The summed E-state index contributed by atoms with van der Waals surface area (Å²) in [6.45, 7) is -0.113. The Morgan fingerprint density at radius 1 is 1.82 bits per heavy atom. The van der Waals surface area contributed by atoms with Crippen molar-refractivity contribution in [3.8, 4) is 0 Å². The number of carbonyl (C=O) groups is 2. The van der Waals surface area contributed by atoms with Crippen LogP contribution in [-0.2, 0) is 9.53 Å². The van der Waals surface area contributed by atoms with Crippen molar-refractivity contribution in [3.63, 3.8) is 0 Å². The minimum Gasteiger partial charge on any atom is -0.548 e. The van der Waals surface area contributed by atoms with Gasteiger partial charge in [0.25, 0.3) is 0 Å². The van der Waals surface area contributed by atoms with E-state index in [9.17, 15) is 14.7 Å². The van der Waals surface area contributed by atoms with Crippen LogP contribution in [-0.4, -0.2) is 36.7 Å². The zero-order valence-electron chi connectivity index (χ0n) is 6.36. The summed E-state index contributed by atoms with van der Waals surface area (Å²) >= 11 is 0. The summed E-state index contributed by atoms with van der Waals surface area (Å²) < 4.78 is 4.41. The SMILES string of the molecule is CN1C(=O)OC[C@@H]1C(=O)[O-].[Li+]. The topological polar surface area (TPSA) is 69.7 Å². The number of nitrogens with zero attached hydrogens (tertiary/aromatic N) is 1. The molecule has 0 aromatic rings. The maximum atomic E-state index is 10.5. The van der Waals surface area contributed by atoms with Crippen molar-refractivity contribution >= 4 is 12.1 Å². The zero-order valence-corrected chi connectivity index (χ0v) is 6.36. The van der Waals surface area contributed by atoms with Crippen LogP contribution >= 0.6 is 0 Å². The standard InChI is InChI=1S/C5H7NO4.Li/c1-6-3(4(7)8)2-10-5(6)9;/h3H,2H2,1H3,(H,7,8);/q;+1/p-1/t3-;/m1./s1. The predicted octanol–water partition coefficient (Wildman–Crippen LogP) is -4.81. The summed E-state index contributed by atoms with van der Waals surface area (Å²) in [5.41, 5.74) is 0. The Hall–Kier alpha value is -0.663. The van der Waals surface area contributed by atoms with Gasteiger partial charge in [0.15, 0.2) is 0 Å². The van der Waals surface area contributed by atoms with Crippen LogP contribution in [0.2, 0.25) is 0 Å². The quantitative estimate of drug-likeness (QED) is 0.352. The Morgan fingerprint density at radius 2 is 2.36 bits per heavy atom. The van der Waals surface area contributed by atoms with Crippen LogP contribution in [0.1, 0.15) is 0 Å². The molecule has 1 rings (SSSR count). The molecule has 0 aromatic heterocycles. The van der Waals surface area contributed by atoms with E-state index in [1.165, 1.54) is 7.05 Å². The molecule has 0 saturated carbocycles. The van der Waals surface area contributed by atoms with Crippen molar-refractivity contribution in [2.24, 2.45) is 0 Å². The molecule has 1 saturated heterocycles. The third-order valence-electron chi connectivity index (χ3n) is 1.39. The van der Waals surface area contributed by atoms with E-state index in [1.54, 1.807) is 0 Å². The van der Waals surface area contributed by atoms with E-state index in [4.69, 9.17) is 0 Å². The summed E-state index contributed by atoms with van der Waals surface area (Å²) in [5.74, 6) is -1.28. The van der Waals surface area contributed by atoms with E-state index in [0.717, 1.165) is 4.90 Å². The van der Waals surface area contributed by atoms with Gasteiger partial charge < -0.3 is 14.6 Å². The number of cyclic esters (lactones) is 1. The fourth-order valence-corrected chi connectivity index (χ4v) is 0.717. The molecule has 0 bridgehead atoms. The average Bonchev–Trinajstić information content (AvgIpc) is 2.14. The summed E-state index contributed by atoms with van der Waals surface area (Å²) in [6.07, 6.45) is -0.616. The normalized spacial score (nSPS) is 22.5. The molecule has 0 N–H and O–H groups in total. The minimum atomic E-state index is -1.28. The molecule has 0 unspecified atom stereocenters. The van der Waals surface area contributed by atoms with E-state index in [0.29, 0.717) is 0 Å². The number of carboxylic acids is 1. The van der Waals surface area contributed by atoms with E-state index >= 15 is 0 Å². The van der Waals surface area contributed by atoms with Gasteiger partial charge in [0.1, 0.15) is 12.6 Å². The monoisotopic (exact) mass is 151 g/mol. The maximum Gasteiger partial charge on any atom is 1.00 e. The van der Waals surface area contributed by atoms with Gasteiger partial charge in [-0.3, -0.25) is 4.90 Å². The van der Waals surface area contributed by atoms with Crippen LogP contribution in [0.3, 0.4) is 0 Å². The second-order valence-electron chi connectivity index (χ2n) is 2.02. The Balaban J connectivity index is 0.000001000. The van der Waals surface area contributed by atoms with Crippen molar-refractivity contribution in [2.75, 3.05) is 13.7 Å². The number of rotatable bonds is 1. The molecule has 0 radical (unpaired) electrons. The van der Waals surface area contributed by atoms with Gasteiger partial charge in [-0.1, -0.05) is 0 Å². The number of ether oxygens (including phenoxy) is 1. The number of carboxylic acid groups (broad SMARTS) is 1. The molecule has 0 aliphatic carbocycles. The van der Waals surface area contributed by atoms with Crippen LogP contribution in [0.4, 0.5) is 4.79 Å². The number of hydrogen-bond acceptors (Lipinski definition) is 4. The van der Waals surface area contributed by atoms with Gasteiger partial charge in [-0.25, -0.2) is 4.79 Å². The Labute approximate surface area is 75.5 Å². The number of hydrogen-bond donors (Lipinski definition) is 0. The molecule has 1 heterocycles. The Kier molecular flexibility index (Phi) is 3.43. The van der Waals surface area contributed by atoms with Gasteiger partial charge in [-0.15, -0.1) is 0 Å². The molecule has 1 aliphatic rings. The van der Waals surface area contributed by atoms with Gasteiger partial charge >= 0.3 is 25.0 Å². The fraction of sp³-hybridized carbons (Fsp3) is 0.600. The van der Waals surface area contributed by atoms with Crippen molar-refractivity contribution in [2.45, 2.75) is 6.04 Å². The molecule has 11 heavy (non-hydrogen) atoms. The van der Waals surface area contributed by atoms with Gasteiger partial charge in [0, 0.05) is 7.05 Å². The third-order valence-corrected chi connectivity index (χ3v) is 1.39. The van der Waals surface area contributed by atoms with Crippen LogP contribution in [0.5, 0.6) is 0 Å². The van der Waals surface area contributed by atoms with E-state index in [1.807, 2.05) is 0 Å². The minimum absolute atomic E-state index is 0. The number of amides is 1. The van der Waals surface area contributed by atoms with Crippen molar-refractivity contribution in [1.29, 1.82) is 0 Å². The molecule has 0 spiro atoms. The maximum absolute atomic E-state index is 10.5. The Bertz CT molecular complexity index is 183. The van der Waals surface area contributed by atoms with Gasteiger partial charge in [0.05, 0.1) is 5.97 Å². The first-order valence-electron chi connectivity index (χ1n) is 2.73. The molecule has 0 aromatic carbocycles. The first-order valence-corrected chi connectivity index (χ1v) is 2.73. The second kappa shape index (κ2) is 3.65. The largest absolute Gasteiger partial charge is 1.00 e. The summed E-state index contributed by atoms with van der Waals surface area (Å²) in [5, 5.41) is 10.2. The molecule has 6 heteroatoms. The van der Waals surface area contributed by atoms with Crippen LogP contribution in [0.25, 0.3) is 0 Å².